The molecule has 7 nitrogen and oxygen atoms in total. The van der Waals surface area contributed by atoms with E-state index >= 15 is 0 Å². The first-order chi connectivity index (χ1) is 13.3. The van der Waals surface area contributed by atoms with Gasteiger partial charge in [0.2, 0.25) is 0 Å². The summed E-state index contributed by atoms with van der Waals surface area (Å²) in [5, 5.41) is 11.1. The van der Waals surface area contributed by atoms with E-state index in [2.05, 4.69) is 25.3 Å². The predicted molar refractivity (Wildman–Crippen MR) is 101 cm³/mol. The van der Waals surface area contributed by atoms with Crippen LogP contribution < -0.4 is 0 Å². The summed E-state index contributed by atoms with van der Waals surface area (Å²) in [7, 11) is 0. The van der Waals surface area contributed by atoms with Crippen LogP contribution in [0, 0.1) is 6.92 Å². The van der Waals surface area contributed by atoms with Gasteiger partial charge in [0.05, 0.1) is 28.6 Å². The lowest BCUT2D eigenvalue weighted by Gasteiger charge is -2.06. The van der Waals surface area contributed by atoms with Crippen molar-refractivity contribution in [1.29, 1.82) is 0 Å². The lowest BCUT2D eigenvalue weighted by atomic mass is 10.1. The molecule has 0 aromatic carbocycles. The molecule has 0 aliphatic heterocycles. The Morgan fingerprint density at radius 1 is 0.963 bits per heavy atom. The topological polar surface area (TPSA) is 93.4 Å². The van der Waals surface area contributed by atoms with Crippen LogP contribution in [0.25, 0.3) is 44.8 Å². The second-order valence-electron chi connectivity index (χ2n) is 6.15. The minimum absolute atomic E-state index is 0.765. The van der Waals surface area contributed by atoms with Crippen molar-refractivity contribution in [1.82, 2.24) is 30.3 Å². The molecule has 0 saturated heterocycles. The Balaban J connectivity index is 1.69. The highest BCUT2D eigenvalue weighted by atomic mass is 16.5. The van der Waals surface area contributed by atoms with E-state index in [4.69, 9.17) is 9.51 Å². The number of aromatic amines is 1. The van der Waals surface area contributed by atoms with Gasteiger partial charge >= 0.3 is 0 Å². The third-order valence-electron chi connectivity index (χ3n) is 4.37. The molecule has 1 N–H and O–H groups in total. The zero-order valence-electron chi connectivity index (χ0n) is 14.4. The number of hydrogen-bond donors (Lipinski definition) is 1. The molecule has 130 valence electrons. The quantitative estimate of drug-likeness (QED) is 0.525. The van der Waals surface area contributed by atoms with Gasteiger partial charge in [0.25, 0.3) is 0 Å². The second-order valence-corrected chi connectivity index (χ2v) is 6.15. The van der Waals surface area contributed by atoms with E-state index < -0.39 is 0 Å². The minimum atomic E-state index is 0.765. The Hall–Kier alpha value is -3.87. The van der Waals surface area contributed by atoms with Gasteiger partial charge in [-0.15, -0.1) is 0 Å². The van der Waals surface area contributed by atoms with Crippen molar-refractivity contribution in [2.24, 2.45) is 0 Å². The molecule has 0 aliphatic rings. The number of aromatic nitrogens is 6. The third-order valence-corrected chi connectivity index (χ3v) is 4.37. The van der Waals surface area contributed by atoms with Crippen molar-refractivity contribution in [3.05, 3.63) is 66.9 Å². The van der Waals surface area contributed by atoms with E-state index in [1.165, 1.54) is 0 Å². The maximum absolute atomic E-state index is 4.99. The molecule has 0 saturated carbocycles. The van der Waals surface area contributed by atoms with E-state index in [9.17, 15) is 0 Å². The first kappa shape index (κ1) is 15.4. The van der Waals surface area contributed by atoms with Gasteiger partial charge in [-0.2, -0.15) is 5.10 Å². The van der Waals surface area contributed by atoms with Gasteiger partial charge < -0.3 is 4.52 Å². The molecule has 5 aromatic heterocycles. The molecule has 0 amide bonds. The van der Waals surface area contributed by atoms with Gasteiger partial charge in [0, 0.05) is 34.8 Å². The number of nitrogens with zero attached hydrogens (tertiary/aromatic N) is 5. The summed E-state index contributed by atoms with van der Waals surface area (Å²) >= 11 is 0. The molecular weight excluding hydrogens is 340 g/mol. The Morgan fingerprint density at radius 2 is 1.93 bits per heavy atom. The molecule has 0 fully saturated rings. The van der Waals surface area contributed by atoms with Crippen molar-refractivity contribution in [2.45, 2.75) is 6.92 Å². The van der Waals surface area contributed by atoms with Crippen LogP contribution in [0.4, 0.5) is 0 Å². The molecule has 0 bridgehead atoms. The first-order valence-electron chi connectivity index (χ1n) is 8.43. The van der Waals surface area contributed by atoms with E-state index in [1.807, 2.05) is 49.5 Å². The number of fused-ring (bicyclic) bond motifs is 1. The zero-order valence-corrected chi connectivity index (χ0v) is 14.4. The lowest BCUT2D eigenvalue weighted by molar-refractivity contribution is 0.420. The lowest BCUT2D eigenvalue weighted by Crippen LogP contribution is -1.92. The third kappa shape index (κ3) is 2.65. The Kier molecular flexibility index (Phi) is 3.50. The summed E-state index contributed by atoms with van der Waals surface area (Å²) in [6, 6.07) is 11.7. The van der Waals surface area contributed by atoms with Gasteiger partial charge in [-0.3, -0.25) is 15.1 Å². The summed E-state index contributed by atoms with van der Waals surface area (Å²) < 4.78 is 4.99. The predicted octanol–water partition coefficient (Wildman–Crippen LogP) is 4.05. The van der Waals surface area contributed by atoms with Gasteiger partial charge in [0.15, 0.2) is 0 Å². The van der Waals surface area contributed by atoms with E-state index in [0.717, 1.165) is 50.5 Å². The molecule has 7 heteroatoms. The smallest absolute Gasteiger partial charge is 0.131 e. The number of aryl methyl sites for hydroxylation is 1. The fourth-order valence-corrected chi connectivity index (χ4v) is 3.10. The summed E-state index contributed by atoms with van der Waals surface area (Å²) in [5.74, 6) is 0. The van der Waals surface area contributed by atoms with Crippen molar-refractivity contribution in [3.8, 4) is 33.8 Å². The molecule has 0 radical (unpaired) electrons. The average Bonchev–Trinajstić information content (AvgIpc) is 3.39. The minimum Gasteiger partial charge on any atom is -0.364 e. The van der Waals surface area contributed by atoms with Crippen molar-refractivity contribution < 1.29 is 4.52 Å². The fourth-order valence-electron chi connectivity index (χ4n) is 3.10. The van der Waals surface area contributed by atoms with Crippen LogP contribution in [0.15, 0.2) is 65.8 Å². The average molecular weight is 354 g/mol. The number of nitrogens with one attached hydrogen (secondary N) is 1. The molecule has 5 rings (SSSR count). The Morgan fingerprint density at radius 3 is 2.78 bits per heavy atom. The van der Waals surface area contributed by atoms with Crippen LogP contribution in [-0.4, -0.2) is 30.3 Å². The zero-order chi connectivity index (χ0) is 18.2. The van der Waals surface area contributed by atoms with Gasteiger partial charge in [-0.1, -0.05) is 11.2 Å². The van der Waals surface area contributed by atoms with E-state index in [1.54, 1.807) is 18.7 Å². The molecule has 27 heavy (non-hydrogen) atoms. The van der Waals surface area contributed by atoms with Crippen LogP contribution in [0.3, 0.4) is 0 Å². The van der Waals surface area contributed by atoms with Crippen LogP contribution in [-0.2, 0) is 0 Å². The molecular formula is C20H14N6O. The van der Waals surface area contributed by atoms with E-state index in [0.29, 0.717) is 0 Å². The summed E-state index contributed by atoms with van der Waals surface area (Å²) in [6.07, 6.45) is 6.86. The van der Waals surface area contributed by atoms with Gasteiger partial charge in [0.1, 0.15) is 12.0 Å². The number of hydrogen-bond acceptors (Lipinski definition) is 6. The highest BCUT2D eigenvalue weighted by molar-refractivity contribution is 5.92. The van der Waals surface area contributed by atoms with Crippen LogP contribution in [0.5, 0.6) is 0 Å². The molecule has 0 aliphatic carbocycles. The molecule has 0 unspecified atom stereocenters. The maximum Gasteiger partial charge on any atom is 0.131 e. The molecule has 5 aromatic rings. The van der Waals surface area contributed by atoms with Crippen LogP contribution in [0.1, 0.15) is 5.69 Å². The van der Waals surface area contributed by atoms with Gasteiger partial charge in [-0.25, -0.2) is 4.98 Å². The standard InChI is InChI=1S/C20H14N6O/c1-12-3-2-4-18(24-12)20-15(10-22-26-20)16-5-6-17-19(25-16)14(7-8-21-17)13-9-23-27-11-13/h2-11H,1H3,(H,22,26). The highest BCUT2D eigenvalue weighted by Gasteiger charge is 2.15. The number of H-pyrrole nitrogens is 1. The molecule has 0 spiro atoms. The molecule has 5 heterocycles. The van der Waals surface area contributed by atoms with Crippen molar-refractivity contribution in [3.63, 3.8) is 0 Å². The SMILES string of the molecule is Cc1cccc(-c2n[nH]cc2-c2ccc3nccc(-c4cnoc4)c3n2)n1. The summed E-state index contributed by atoms with van der Waals surface area (Å²) in [5.41, 5.74) is 7.54. The number of rotatable bonds is 3. The normalized spacial score (nSPS) is 11.1. The first-order valence-corrected chi connectivity index (χ1v) is 8.43. The second kappa shape index (κ2) is 6.14. The van der Waals surface area contributed by atoms with Crippen molar-refractivity contribution >= 4 is 11.0 Å². The maximum atomic E-state index is 4.99. The van der Waals surface area contributed by atoms with Crippen molar-refractivity contribution in [2.75, 3.05) is 0 Å². The number of pyridine rings is 3. The Labute approximate surface area is 154 Å². The summed E-state index contributed by atoms with van der Waals surface area (Å²) in [6.45, 7) is 1.96. The van der Waals surface area contributed by atoms with E-state index in [-0.39, 0.29) is 0 Å². The largest absolute Gasteiger partial charge is 0.364 e. The monoisotopic (exact) mass is 354 g/mol. The summed E-state index contributed by atoms with van der Waals surface area (Å²) in [4.78, 5) is 13.9. The van der Waals surface area contributed by atoms with Crippen LogP contribution in [0.2, 0.25) is 0 Å². The Bertz CT molecular complexity index is 1240. The molecule has 0 atom stereocenters. The fraction of sp³-hybridized carbons (Fsp3) is 0.0500. The highest BCUT2D eigenvalue weighted by Crippen LogP contribution is 2.31. The van der Waals surface area contributed by atoms with Gasteiger partial charge in [-0.05, 0) is 37.3 Å². The van der Waals surface area contributed by atoms with Crippen LogP contribution >= 0.6 is 0 Å².